The highest BCUT2D eigenvalue weighted by molar-refractivity contribution is 5.94. The Labute approximate surface area is 95.9 Å². The van der Waals surface area contributed by atoms with Crippen molar-refractivity contribution in [2.24, 2.45) is 28.5 Å². The standard InChI is InChI=1S/C12H20N2O2/c1-11(2)8-4-5-12(11,3)10(16)7(8)6-9(15)14-13/h7-8H,4-6,13H2,1-3H3,(H,14,15)/t7?,8-,12+/m0/s1. The van der Waals surface area contributed by atoms with Gasteiger partial charge in [0, 0.05) is 17.8 Å². The maximum absolute atomic E-state index is 12.3. The molecule has 2 bridgehead atoms. The molecule has 16 heavy (non-hydrogen) atoms. The first-order valence-electron chi connectivity index (χ1n) is 5.88. The predicted octanol–water partition coefficient (Wildman–Crippen LogP) is 1.01. The van der Waals surface area contributed by atoms with Crippen LogP contribution in [0.4, 0.5) is 0 Å². The normalized spacial score (nSPS) is 40.1. The van der Waals surface area contributed by atoms with Crippen LogP contribution in [-0.4, -0.2) is 11.7 Å². The van der Waals surface area contributed by atoms with Crippen LogP contribution in [0.25, 0.3) is 0 Å². The first kappa shape index (κ1) is 11.6. The Morgan fingerprint density at radius 3 is 2.56 bits per heavy atom. The van der Waals surface area contributed by atoms with Gasteiger partial charge in [0.2, 0.25) is 5.91 Å². The molecule has 3 atom stereocenters. The molecule has 1 amide bonds. The van der Waals surface area contributed by atoms with E-state index in [0.717, 1.165) is 12.8 Å². The summed E-state index contributed by atoms with van der Waals surface area (Å²) >= 11 is 0. The number of ketones is 1. The Kier molecular flexibility index (Phi) is 2.38. The number of hydrazine groups is 1. The van der Waals surface area contributed by atoms with Gasteiger partial charge in [0.05, 0.1) is 0 Å². The zero-order valence-electron chi connectivity index (χ0n) is 10.2. The van der Waals surface area contributed by atoms with E-state index in [-0.39, 0.29) is 34.9 Å². The monoisotopic (exact) mass is 224 g/mol. The zero-order chi connectivity index (χ0) is 12.1. The number of rotatable bonds is 2. The van der Waals surface area contributed by atoms with Crippen LogP contribution in [0, 0.1) is 22.7 Å². The number of carbonyl (C=O) groups is 2. The van der Waals surface area contributed by atoms with Crippen molar-refractivity contribution in [3.05, 3.63) is 0 Å². The molecule has 1 unspecified atom stereocenters. The van der Waals surface area contributed by atoms with Gasteiger partial charge >= 0.3 is 0 Å². The molecule has 2 aliphatic carbocycles. The van der Waals surface area contributed by atoms with Crippen molar-refractivity contribution in [1.82, 2.24) is 5.43 Å². The third-order valence-corrected chi connectivity index (χ3v) is 5.24. The van der Waals surface area contributed by atoms with Crippen molar-refractivity contribution >= 4 is 11.7 Å². The number of fused-ring (bicyclic) bond motifs is 2. The first-order chi connectivity index (χ1) is 7.34. The number of hydrogen-bond acceptors (Lipinski definition) is 3. The van der Waals surface area contributed by atoms with Gasteiger partial charge in [-0.2, -0.15) is 0 Å². The Morgan fingerprint density at radius 2 is 2.12 bits per heavy atom. The van der Waals surface area contributed by atoms with Crippen LogP contribution in [0.1, 0.15) is 40.0 Å². The van der Waals surface area contributed by atoms with Crippen LogP contribution in [0.15, 0.2) is 0 Å². The van der Waals surface area contributed by atoms with Crippen molar-refractivity contribution in [3.8, 4) is 0 Å². The molecule has 0 radical (unpaired) electrons. The van der Waals surface area contributed by atoms with Gasteiger partial charge in [-0.3, -0.25) is 15.0 Å². The summed E-state index contributed by atoms with van der Waals surface area (Å²) < 4.78 is 0. The van der Waals surface area contributed by atoms with E-state index in [2.05, 4.69) is 26.2 Å². The van der Waals surface area contributed by atoms with Gasteiger partial charge in [0.1, 0.15) is 5.78 Å². The molecule has 3 N–H and O–H groups in total. The molecule has 0 saturated heterocycles. The Bertz CT molecular complexity index is 351. The summed E-state index contributed by atoms with van der Waals surface area (Å²) in [5.74, 6) is 5.32. The Morgan fingerprint density at radius 1 is 1.50 bits per heavy atom. The minimum atomic E-state index is -0.239. The van der Waals surface area contributed by atoms with Crippen LogP contribution >= 0.6 is 0 Å². The summed E-state index contributed by atoms with van der Waals surface area (Å²) in [6, 6.07) is 0. The smallest absolute Gasteiger partial charge is 0.234 e. The fraction of sp³-hybridized carbons (Fsp3) is 0.833. The zero-order valence-corrected chi connectivity index (χ0v) is 10.2. The summed E-state index contributed by atoms with van der Waals surface area (Å²) in [7, 11) is 0. The van der Waals surface area contributed by atoms with E-state index in [1.165, 1.54) is 0 Å². The maximum atomic E-state index is 12.3. The van der Waals surface area contributed by atoms with Crippen molar-refractivity contribution in [2.45, 2.75) is 40.0 Å². The van der Waals surface area contributed by atoms with E-state index in [0.29, 0.717) is 5.92 Å². The molecular weight excluding hydrogens is 204 g/mol. The predicted molar refractivity (Wildman–Crippen MR) is 60.1 cm³/mol. The molecule has 0 aliphatic heterocycles. The van der Waals surface area contributed by atoms with E-state index in [4.69, 9.17) is 5.84 Å². The summed E-state index contributed by atoms with van der Waals surface area (Å²) in [6.45, 7) is 6.36. The molecule has 2 rings (SSSR count). The third kappa shape index (κ3) is 1.19. The van der Waals surface area contributed by atoms with E-state index >= 15 is 0 Å². The highest BCUT2D eigenvalue weighted by Gasteiger charge is 2.66. The Hall–Kier alpha value is -0.900. The summed E-state index contributed by atoms with van der Waals surface area (Å²) in [5.41, 5.74) is 1.90. The number of nitrogens with two attached hydrogens (primary N) is 1. The van der Waals surface area contributed by atoms with Crippen LogP contribution in [0.5, 0.6) is 0 Å². The van der Waals surface area contributed by atoms with Crippen molar-refractivity contribution in [3.63, 3.8) is 0 Å². The second-order valence-electron chi connectivity index (χ2n) is 5.94. The third-order valence-electron chi connectivity index (χ3n) is 5.24. The van der Waals surface area contributed by atoms with Crippen LogP contribution < -0.4 is 11.3 Å². The Balaban J connectivity index is 2.26. The largest absolute Gasteiger partial charge is 0.299 e. The quantitative estimate of drug-likeness (QED) is 0.417. The fourth-order valence-electron chi connectivity index (χ4n) is 3.77. The van der Waals surface area contributed by atoms with Crippen molar-refractivity contribution in [1.29, 1.82) is 0 Å². The number of hydrogen-bond donors (Lipinski definition) is 2. The van der Waals surface area contributed by atoms with Gasteiger partial charge in [-0.25, -0.2) is 5.84 Å². The molecule has 2 aliphatic rings. The second kappa shape index (κ2) is 3.29. The number of amides is 1. The molecule has 2 fully saturated rings. The fourth-order valence-corrected chi connectivity index (χ4v) is 3.77. The molecule has 0 spiro atoms. The number of Topliss-reactive ketones (excluding diaryl/α,β-unsaturated/α-hetero) is 1. The van der Waals surface area contributed by atoms with Crippen molar-refractivity contribution in [2.75, 3.05) is 0 Å². The molecule has 4 heteroatoms. The van der Waals surface area contributed by atoms with Gasteiger partial charge < -0.3 is 0 Å². The van der Waals surface area contributed by atoms with Gasteiger partial charge in [-0.15, -0.1) is 0 Å². The highest BCUT2D eigenvalue weighted by Crippen LogP contribution is 2.66. The molecule has 4 nitrogen and oxygen atoms in total. The molecule has 0 aromatic rings. The van der Waals surface area contributed by atoms with E-state index in [1.807, 2.05) is 0 Å². The highest BCUT2D eigenvalue weighted by atomic mass is 16.2. The minimum absolute atomic E-state index is 0.0175. The molecule has 0 heterocycles. The van der Waals surface area contributed by atoms with Gasteiger partial charge in [-0.1, -0.05) is 20.8 Å². The SMILES string of the molecule is CC1(C)[C@H]2CC[C@]1(C)C(=O)C2CC(=O)NN. The minimum Gasteiger partial charge on any atom is -0.299 e. The molecular formula is C12H20N2O2. The molecule has 2 saturated carbocycles. The van der Waals surface area contributed by atoms with Crippen LogP contribution in [-0.2, 0) is 9.59 Å². The van der Waals surface area contributed by atoms with Crippen LogP contribution in [0.3, 0.4) is 0 Å². The van der Waals surface area contributed by atoms with Gasteiger partial charge in [0.25, 0.3) is 0 Å². The average Bonchev–Trinajstić information content (AvgIpc) is 2.53. The number of carbonyl (C=O) groups excluding carboxylic acids is 2. The molecule has 0 aromatic heterocycles. The van der Waals surface area contributed by atoms with Crippen LogP contribution in [0.2, 0.25) is 0 Å². The summed E-state index contributed by atoms with van der Waals surface area (Å²) in [5, 5.41) is 0. The van der Waals surface area contributed by atoms with E-state index in [1.54, 1.807) is 0 Å². The topological polar surface area (TPSA) is 72.2 Å². The van der Waals surface area contributed by atoms with E-state index < -0.39 is 0 Å². The lowest BCUT2D eigenvalue weighted by Crippen LogP contribution is -2.36. The van der Waals surface area contributed by atoms with Gasteiger partial charge in [-0.05, 0) is 24.2 Å². The lowest BCUT2D eigenvalue weighted by Gasteiger charge is -2.32. The molecule has 0 aromatic carbocycles. The summed E-state index contributed by atoms with van der Waals surface area (Å²) in [4.78, 5) is 23.7. The van der Waals surface area contributed by atoms with Gasteiger partial charge in [0.15, 0.2) is 0 Å². The molecule has 90 valence electrons. The van der Waals surface area contributed by atoms with E-state index in [9.17, 15) is 9.59 Å². The lowest BCUT2D eigenvalue weighted by atomic mass is 9.70. The number of nitrogens with one attached hydrogen (secondary N) is 1. The van der Waals surface area contributed by atoms with Crippen molar-refractivity contribution < 1.29 is 9.59 Å². The average molecular weight is 224 g/mol. The first-order valence-corrected chi connectivity index (χ1v) is 5.88. The summed E-state index contributed by atoms with van der Waals surface area (Å²) in [6.07, 6.45) is 2.26. The lowest BCUT2D eigenvalue weighted by molar-refractivity contribution is -0.134. The maximum Gasteiger partial charge on any atom is 0.234 e. The second-order valence-corrected chi connectivity index (χ2v) is 5.94.